The molecule has 0 radical (unpaired) electrons. The highest BCUT2D eigenvalue weighted by molar-refractivity contribution is 5.05. The van der Waals surface area contributed by atoms with Crippen molar-refractivity contribution in [3.05, 3.63) is 0 Å². The van der Waals surface area contributed by atoms with Gasteiger partial charge in [-0.1, -0.05) is 6.92 Å². The summed E-state index contributed by atoms with van der Waals surface area (Å²) in [7, 11) is 10.3. The molecule has 3 fully saturated rings. The molecular weight excluding hydrogens is 528 g/mol. The van der Waals surface area contributed by atoms with Crippen molar-refractivity contribution in [1.82, 2.24) is 0 Å². The lowest BCUT2D eigenvalue weighted by atomic mass is 9.47. The first-order valence-corrected chi connectivity index (χ1v) is 15.7. The highest BCUT2D eigenvalue weighted by Gasteiger charge is 2.56. The lowest BCUT2D eigenvalue weighted by molar-refractivity contribution is -0.155. The summed E-state index contributed by atoms with van der Waals surface area (Å²) < 4.78 is 33.7. The Hall–Kier alpha value is -0.360. The van der Waals surface area contributed by atoms with Gasteiger partial charge >= 0.3 is 0 Å². The van der Waals surface area contributed by atoms with E-state index in [-0.39, 0.29) is 40.9 Å². The van der Waals surface area contributed by atoms with E-state index < -0.39 is 18.3 Å². The summed E-state index contributed by atoms with van der Waals surface area (Å²) in [5, 5.41) is 34.0. The second-order valence-electron chi connectivity index (χ2n) is 13.6. The molecule has 3 aliphatic carbocycles. The van der Waals surface area contributed by atoms with Gasteiger partial charge in [0.25, 0.3) is 0 Å². The second-order valence-corrected chi connectivity index (χ2v) is 13.6. The van der Waals surface area contributed by atoms with Crippen LogP contribution in [0, 0.1) is 58.7 Å². The quantitative estimate of drug-likeness (QED) is 0.266. The number of aliphatic hydroxyl groups is 3. The average molecular weight is 589 g/mol. The number of rotatable bonds is 15. The van der Waals surface area contributed by atoms with Crippen molar-refractivity contribution in [3.63, 3.8) is 0 Å². The van der Waals surface area contributed by atoms with E-state index in [0.717, 1.165) is 38.5 Å². The summed E-state index contributed by atoms with van der Waals surface area (Å²) in [4.78, 5) is 0. The van der Waals surface area contributed by atoms with Crippen molar-refractivity contribution in [1.29, 1.82) is 0 Å². The van der Waals surface area contributed by atoms with Crippen LogP contribution in [-0.4, -0.2) is 116 Å². The molecular formula is C32H60O9. The summed E-state index contributed by atoms with van der Waals surface area (Å²) in [6.45, 7) is 5.54. The Bertz CT molecular complexity index is 597. The summed E-state index contributed by atoms with van der Waals surface area (Å²) in [5.74, 6) is 1.07. The van der Waals surface area contributed by atoms with Crippen molar-refractivity contribution in [3.8, 4) is 0 Å². The fourth-order valence-corrected chi connectivity index (χ4v) is 9.28. The van der Waals surface area contributed by atoms with Crippen LogP contribution >= 0.6 is 0 Å². The van der Waals surface area contributed by atoms with Crippen LogP contribution in [0.4, 0.5) is 0 Å². The van der Waals surface area contributed by atoms with E-state index in [4.69, 9.17) is 28.4 Å². The third-order valence-corrected chi connectivity index (χ3v) is 11.3. The summed E-state index contributed by atoms with van der Waals surface area (Å²) >= 11 is 0. The Balaban J connectivity index is 2.09. The Morgan fingerprint density at radius 1 is 0.415 bits per heavy atom. The molecule has 0 aromatic rings. The zero-order valence-corrected chi connectivity index (χ0v) is 26.7. The molecule has 3 rings (SSSR count). The molecule has 0 saturated heterocycles. The predicted octanol–water partition coefficient (Wildman–Crippen LogP) is 2.88. The van der Waals surface area contributed by atoms with Crippen LogP contribution < -0.4 is 0 Å². The Morgan fingerprint density at radius 2 is 0.585 bits per heavy atom. The minimum absolute atomic E-state index is 0.0238. The second kappa shape index (κ2) is 16.6. The largest absolute Gasteiger partial charge is 0.392 e. The molecule has 0 aliphatic heterocycles. The van der Waals surface area contributed by atoms with Crippen molar-refractivity contribution >= 4 is 0 Å². The highest BCUT2D eigenvalue weighted by atomic mass is 16.5. The number of hydrogen-bond donors (Lipinski definition) is 3. The molecule has 0 amide bonds. The molecule has 6 atom stereocenters. The van der Waals surface area contributed by atoms with Crippen LogP contribution in [0.3, 0.4) is 0 Å². The van der Waals surface area contributed by atoms with Crippen LogP contribution in [0.1, 0.15) is 45.4 Å². The molecule has 9 heteroatoms. The van der Waals surface area contributed by atoms with Crippen molar-refractivity contribution in [2.75, 3.05) is 82.3 Å². The van der Waals surface area contributed by atoms with E-state index in [9.17, 15) is 15.3 Å². The molecule has 0 heterocycles. The van der Waals surface area contributed by atoms with Gasteiger partial charge in [-0.3, -0.25) is 0 Å². The smallest absolute Gasteiger partial charge is 0.0640 e. The first-order chi connectivity index (χ1) is 19.7. The van der Waals surface area contributed by atoms with Crippen molar-refractivity contribution < 1.29 is 43.7 Å². The van der Waals surface area contributed by atoms with E-state index in [1.54, 1.807) is 42.7 Å². The van der Waals surface area contributed by atoms with Gasteiger partial charge in [-0.05, 0) is 61.7 Å². The maximum atomic E-state index is 11.3. The van der Waals surface area contributed by atoms with Crippen molar-refractivity contribution in [2.24, 2.45) is 58.7 Å². The molecule has 3 saturated carbocycles. The third-order valence-electron chi connectivity index (χ3n) is 11.3. The van der Waals surface area contributed by atoms with Gasteiger partial charge in [-0.25, -0.2) is 0 Å². The maximum Gasteiger partial charge on any atom is 0.0640 e. The number of aliphatic hydroxyl groups excluding tert-OH is 3. The molecule has 0 spiro atoms. The maximum absolute atomic E-state index is 11.3. The molecule has 6 unspecified atom stereocenters. The average Bonchev–Trinajstić information content (AvgIpc) is 2.95. The van der Waals surface area contributed by atoms with Crippen molar-refractivity contribution in [2.45, 2.75) is 63.8 Å². The fourth-order valence-electron chi connectivity index (χ4n) is 9.28. The van der Waals surface area contributed by atoms with E-state index in [1.807, 2.05) is 0 Å². The van der Waals surface area contributed by atoms with E-state index in [2.05, 4.69) is 6.92 Å². The van der Waals surface area contributed by atoms with Crippen LogP contribution in [0.25, 0.3) is 0 Å². The minimum Gasteiger partial charge on any atom is -0.392 e. The van der Waals surface area contributed by atoms with E-state index >= 15 is 0 Å². The number of methoxy groups -OCH3 is 6. The van der Waals surface area contributed by atoms with Gasteiger partial charge in [0, 0.05) is 78.2 Å². The van der Waals surface area contributed by atoms with E-state index in [1.165, 1.54) is 0 Å². The molecule has 0 aromatic heterocycles. The molecule has 3 N–H and O–H groups in total. The van der Waals surface area contributed by atoms with Gasteiger partial charge in [-0.15, -0.1) is 0 Å². The number of hydrogen-bond acceptors (Lipinski definition) is 9. The predicted molar refractivity (Wildman–Crippen MR) is 156 cm³/mol. The fraction of sp³-hybridized carbons (Fsp3) is 1.00. The van der Waals surface area contributed by atoms with Gasteiger partial charge in [0.2, 0.25) is 0 Å². The third kappa shape index (κ3) is 8.03. The SMILES string of the molecule is COCC1CC(C(C)(C2CC(COC)C(O)C(COC)C2)C2CC(COC)C(O)C(COC)C2)CC(COC)C1O. The topological polar surface area (TPSA) is 116 Å². The summed E-state index contributed by atoms with van der Waals surface area (Å²) in [5.41, 5.74) is -0.131. The number of ether oxygens (including phenoxy) is 6. The van der Waals surface area contributed by atoms with Crippen LogP contribution in [0.2, 0.25) is 0 Å². The zero-order valence-electron chi connectivity index (χ0n) is 26.7. The molecule has 41 heavy (non-hydrogen) atoms. The molecule has 3 aliphatic rings. The Morgan fingerprint density at radius 3 is 0.732 bits per heavy atom. The van der Waals surface area contributed by atoms with Gasteiger partial charge in [0.15, 0.2) is 0 Å². The lowest BCUT2D eigenvalue weighted by Gasteiger charge is -2.58. The Kier molecular flexibility index (Phi) is 14.3. The van der Waals surface area contributed by atoms with Crippen LogP contribution in [0.5, 0.6) is 0 Å². The molecule has 242 valence electrons. The van der Waals surface area contributed by atoms with E-state index in [0.29, 0.717) is 57.4 Å². The van der Waals surface area contributed by atoms with Crippen LogP contribution in [-0.2, 0) is 28.4 Å². The standard InChI is InChI=1S/C32H60O9/c1-32(26-8-20(14-36-2)29(33)21(9-26)15-37-3,27-10-22(16-38-4)30(34)23(11-27)17-39-5)28-12-24(18-40-6)31(35)25(13-28)19-41-7/h20-31,33-35H,8-19H2,1-7H3. The first kappa shape index (κ1) is 35.1. The minimum atomic E-state index is -0.471. The summed E-state index contributed by atoms with van der Waals surface area (Å²) in [6, 6.07) is 0. The zero-order chi connectivity index (χ0) is 30.2. The van der Waals surface area contributed by atoms with Crippen LogP contribution in [0.15, 0.2) is 0 Å². The highest BCUT2D eigenvalue weighted by Crippen LogP contribution is 2.60. The molecule has 9 nitrogen and oxygen atoms in total. The normalized spacial score (nSPS) is 41.7. The molecule has 0 bridgehead atoms. The summed E-state index contributed by atoms with van der Waals surface area (Å²) in [6.07, 6.45) is 3.82. The Labute approximate surface area is 248 Å². The van der Waals surface area contributed by atoms with Gasteiger partial charge < -0.3 is 43.7 Å². The first-order valence-electron chi connectivity index (χ1n) is 15.7. The lowest BCUT2D eigenvalue weighted by Crippen LogP contribution is -2.56. The molecule has 0 aromatic carbocycles. The monoisotopic (exact) mass is 588 g/mol. The van der Waals surface area contributed by atoms with Gasteiger partial charge in [-0.2, -0.15) is 0 Å². The van der Waals surface area contributed by atoms with Gasteiger partial charge in [0.05, 0.1) is 58.0 Å². The van der Waals surface area contributed by atoms with Gasteiger partial charge in [0.1, 0.15) is 0 Å².